The lowest BCUT2D eigenvalue weighted by Gasteiger charge is -2.31. The van der Waals surface area contributed by atoms with E-state index in [4.69, 9.17) is 16.2 Å². The van der Waals surface area contributed by atoms with Gasteiger partial charge in [0.25, 0.3) is 0 Å². The van der Waals surface area contributed by atoms with Gasteiger partial charge < -0.3 is 30.8 Å². The number of nitrogen functional groups attached to an aromatic ring is 1. The number of nitrogens with zero attached hydrogens (tertiary/aromatic N) is 2. The lowest BCUT2D eigenvalue weighted by Crippen LogP contribution is -2.34. The van der Waals surface area contributed by atoms with Crippen LogP contribution in [-0.4, -0.2) is 48.0 Å². The van der Waals surface area contributed by atoms with Crippen LogP contribution in [0, 0.1) is 17.6 Å². The van der Waals surface area contributed by atoms with Crippen molar-refractivity contribution in [2.75, 3.05) is 36.9 Å². The fourth-order valence-electron chi connectivity index (χ4n) is 3.83. The van der Waals surface area contributed by atoms with Crippen LogP contribution in [0.25, 0.3) is 10.9 Å². The molecule has 2 saturated heterocycles. The molecule has 2 aliphatic rings. The second-order valence-corrected chi connectivity index (χ2v) is 7.44. The molecule has 0 bridgehead atoms. The van der Waals surface area contributed by atoms with Crippen molar-refractivity contribution in [2.24, 2.45) is 11.7 Å². The number of carboxylic acid groups (broad SMARTS) is 1. The summed E-state index contributed by atoms with van der Waals surface area (Å²) in [6.45, 7) is 2.89. The van der Waals surface area contributed by atoms with Gasteiger partial charge in [0.15, 0.2) is 11.6 Å². The number of hydrogen-bond donors (Lipinski definition) is 3. The topological polar surface area (TPSA) is 124 Å². The molecule has 10 heteroatoms. The number of ether oxygens (including phenoxy) is 1. The van der Waals surface area contributed by atoms with Crippen LogP contribution < -0.4 is 21.8 Å². The van der Waals surface area contributed by atoms with Crippen LogP contribution >= 0.6 is 0 Å². The summed E-state index contributed by atoms with van der Waals surface area (Å²) in [6.07, 6.45) is 1.07. The third-order valence-electron chi connectivity index (χ3n) is 5.60. The Labute approximate surface area is 158 Å². The minimum Gasteiger partial charge on any atom is -0.477 e. The van der Waals surface area contributed by atoms with Crippen molar-refractivity contribution in [3.63, 3.8) is 0 Å². The van der Waals surface area contributed by atoms with Crippen molar-refractivity contribution >= 4 is 28.2 Å². The lowest BCUT2D eigenvalue weighted by molar-refractivity contribution is -0.0219. The van der Waals surface area contributed by atoms with E-state index < -0.39 is 39.7 Å². The lowest BCUT2D eigenvalue weighted by atomic mass is 10.0. The van der Waals surface area contributed by atoms with Gasteiger partial charge in [-0.25, -0.2) is 13.6 Å². The number of aromatic carboxylic acids is 1. The second kappa shape index (κ2) is 6.42. The SMILES string of the molecule is C[C@@H]1CN(c2c(F)c(N)c3c(=O)c(C(=O)O)cn(C4COC4)c3c2F)C[C@H]1N. The van der Waals surface area contributed by atoms with Gasteiger partial charge in [-0.2, -0.15) is 0 Å². The number of anilines is 2. The number of benzene rings is 1. The highest BCUT2D eigenvalue weighted by Gasteiger charge is 2.35. The molecule has 0 unspecified atom stereocenters. The van der Waals surface area contributed by atoms with Gasteiger partial charge in [0, 0.05) is 25.3 Å². The highest BCUT2D eigenvalue weighted by molar-refractivity contribution is 5.99. The minimum absolute atomic E-state index is 0.0207. The number of carbonyl (C=O) groups is 1. The van der Waals surface area contributed by atoms with E-state index >= 15 is 8.78 Å². The predicted octanol–water partition coefficient (Wildman–Crippen LogP) is 0.915. The summed E-state index contributed by atoms with van der Waals surface area (Å²) < 4.78 is 37.1. The predicted molar refractivity (Wildman–Crippen MR) is 98.7 cm³/mol. The van der Waals surface area contributed by atoms with E-state index in [2.05, 4.69) is 0 Å². The molecule has 2 aromatic rings. The van der Waals surface area contributed by atoms with Gasteiger partial charge >= 0.3 is 5.97 Å². The molecule has 0 radical (unpaired) electrons. The molecule has 8 nitrogen and oxygen atoms in total. The number of pyridine rings is 1. The van der Waals surface area contributed by atoms with Gasteiger partial charge in [-0.05, 0) is 5.92 Å². The van der Waals surface area contributed by atoms with Crippen molar-refractivity contribution in [3.05, 3.63) is 33.6 Å². The Morgan fingerprint density at radius 3 is 2.46 bits per heavy atom. The van der Waals surface area contributed by atoms with Crippen LogP contribution in [0.4, 0.5) is 20.2 Å². The zero-order chi connectivity index (χ0) is 20.3. The number of carboxylic acids is 1. The van der Waals surface area contributed by atoms with Gasteiger partial charge in [-0.15, -0.1) is 0 Å². The fraction of sp³-hybridized carbons (Fsp3) is 0.444. The summed E-state index contributed by atoms with van der Waals surface area (Å²) in [5.74, 6) is -3.51. The molecule has 1 aromatic carbocycles. The Kier molecular flexibility index (Phi) is 4.27. The maximum Gasteiger partial charge on any atom is 0.341 e. The molecule has 1 aromatic heterocycles. The van der Waals surface area contributed by atoms with Gasteiger partial charge in [-0.3, -0.25) is 4.79 Å². The highest BCUT2D eigenvalue weighted by Crippen LogP contribution is 2.38. The van der Waals surface area contributed by atoms with E-state index in [9.17, 15) is 14.7 Å². The number of fused-ring (bicyclic) bond motifs is 1. The quantitative estimate of drug-likeness (QED) is 0.661. The molecule has 2 aliphatic heterocycles. The van der Waals surface area contributed by atoms with E-state index in [1.54, 1.807) is 0 Å². The second-order valence-electron chi connectivity index (χ2n) is 7.44. The number of rotatable bonds is 3. The summed E-state index contributed by atoms with van der Waals surface area (Å²) in [6, 6.07) is -0.638. The first-order valence-corrected chi connectivity index (χ1v) is 8.89. The minimum atomic E-state index is -1.50. The van der Waals surface area contributed by atoms with Gasteiger partial charge in [0.1, 0.15) is 11.3 Å². The van der Waals surface area contributed by atoms with E-state index in [0.717, 1.165) is 6.20 Å². The molecule has 4 rings (SSSR count). The van der Waals surface area contributed by atoms with Crippen molar-refractivity contribution in [2.45, 2.75) is 19.0 Å². The van der Waals surface area contributed by atoms with Crippen LogP contribution in [0.5, 0.6) is 0 Å². The molecule has 3 heterocycles. The summed E-state index contributed by atoms with van der Waals surface area (Å²) in [5.41, 5.74) is 9.12. The maximum atomic E-state index is 15.6. The molecular formula is C18H20F2N4O4. The van der Waals surface area contributed by atoms with Crippen molar-refractivity contribution in [1.29, 1.82) is 0 Å². The van der Waals surface area contributed by atoms with E-state index in [1.165, 1.54) is 9.47 Å². The van der Waals surface area contributed by atoms with Gasteiger partial charge in [0.05, 0.1) is 35.8 Å². The van der Waals surface area contributed by atoms with Crippen LogP contribution in [0.3, 0.4) is 0 Å². The number of nitrogens with two attached hydrogens (primary N) is 2. The molecule has 5 N–H and O–H groups in total. The van der Waals surface area contributed by atoms with Crippen LogP contribution in [0.1, 0.15) is 23.3 Å². The van der Waals surface area contributed by atoms with Gasteiger partial charge in [-0.1, -0.05) is 6.92 Å². The average Bonchev–Trinajstić information content (AvgIpc) is 2.90. The molecule has 0 aliphatic carbocycles. The monoisotopic (exact) mass is 394 g/mol. The molecule has 2 atom stereocenters. The van der Waals surface area contributed by atoms with E-state index in [1.807, 2.05) is 6.92 Å². The number of hydrogen-bond acceptors (Lipinski definition) is 6. The summed E-state index contributed by atoms with van der Waals surface area (Å²) in [4.78, 5) is 25.6. The zero-order valence-corrected chi connectivity index (χ0v) is 15.1. The van der Waals surface area contributed by atoms with Crippen LogP contribution in [-0.2, 0) is 4.74 Å². The Balaban J connectivity index is 2.06. The summed E-state index contributed by atoms with van der Waals surface area (Å²) >= 11 is 0. The number of halogens is 2. The number of aromatic nitrogens is 1. The Bertz CT molecular complexity index is 1040. The van der Waals surface area contributed by atoms with Crippen molar-refractivity contribution < 1.29 is 23.4 Å². The fourth-order valence-corrected chi connectivity index (χ4v) is 3.83. The van der Waals surface area contributed by atoms with Crippen molar-refractivity contribution in [3.8, 4) is 0 Å². The van der Waals surface area contributed by atoms with E-state index in [-0.39, 0.29) is 49.0 Å². The summed E-state index contributed by atoms with van der Waals surface area (Å²) in [7, 11) is 0. The molecule has 2 fully saturated rings. The molecular weight excluding hydrogens is 374 g/mol. The smallest absolute Gasteiger partial charge is 0.341 e. The molecule has 28 heavy (non-hydrogen) atoms. The standard InChI is InChI=1S/C18H20F2N4O4/c1-7-2-23(4-10(7)21)16-12(19)14(22)11-15(13(16)20)24(8-5-28-6-8)3-9(17(11)25)18(26)27/h3,7-8,10H,2,4-6,21-22H2,1H3,(H,26,27)/t7-,10-/m1/s1. The normalized spacial score (nSPS) is 22.6. The largest absolute Gasteiger partial charge is 0.477 e. The third-order valence-corrected chi connectivity index (χ3v) is 5.60. The summed E-state index contributed by atoms with van der Waals surface area (Å²) in [5, 5.41) is 8.87. The molecule has 0 amide bonds. The first-order chi connectivity index (χ1) is 13.2. The van der Waals surface area contributed by atoms with E-state index in [0.29, 0.717) is 6.54 Å². The Morgan fingerprint density at radius 1 is 1.29 bits per heavy atom. The zero-order valence-electron chi connectivity index (χ0n) is 15.1. The Hall–Kier alpha value is -2.72. The van der Waals surface area contributed by atoms with Gasteiger partial charge in [0.2, 0.25) is 5.43 Å². The molecule has 0 spiro atoms. The van der Waals surface area contributed by atoms with Crippen molar-refractivity contribution in [1.82, 2.24) is 4.57 Å². The third kappa shape index (κ3) is 2.55. The Morgan fingerprint density at radius 2 is 1.96 bits per heavy atom. The first kappa shape index (κ1) is 18.6. The average molecular weight is 394 g/mol. The first-order valence-electron chi connectivity index (χ1n) is 8.89. The van der Waals surface area contributed by atoms with Crippen LogP contribution in [0.15, 0.2) is 11.0 Å². The molecule has 150 valence electrons. The molecule has 0 saturated carbocycles. The van der Waals surface area contributed by atoms with Crippen LogP contribution in [0.2, 0.25) is 0 Å². The highest BCUT2D eigenvalue weighted by atomic mass is 19.1. The maximum absolute atomic E-state index is 15.6.